The lowest BCUT2D eigenvalue weighted by atomic mass is 10.4. The third-order valence-corrected chi connectivity index (χ3v) is 9.83. The highest BCUT2D eigenvalue weighted by molar-refractivity contribution is 6.78. The van der Waals surface area contributed by atoms with Gasteiger partial charge < -0.3 is 9.43 Å². The van der Waals surface area contributed by atoms with E-state index in [1.807, 2.05) is 0 Å². The Hall–Kier alpha value is -0.136. The third-order valence-electron chi connectivity index (χ3n) is 3.26. The van der Waals surface area contributed by atoms with Crippen LogP contribution in [0, 0.1) is 0 Å². The van der Waals surface area contributed by atoms with Gasteiger partial charge in [0, 0.05) is 13.5 Å². The molecule has 0 aliphatic carbocycles. The number of carbonyl (C=O) groups excluding carboxylic acids is 1. The van der Waals surface area contributed by atoms with Crippen molar-refractivity contribution in [2.75, 3.05) is 6.54 Å². The summed E-state index contributed by atoms with van der Waals surface area (Å²) in [7, 11) is 1.55. The quantitative estimate of drug-likeness (QED) is 0.562. The molecule has 0 atom stereocenters. The van der Waals surface area contributed by atoms with Gasteiger partial charge in [-0.05, 0) is 23.5 Å². The first-order chi connectivity index (χ1) is 7.36. The first-order valence-corrected chi connectivity index (χ1v) is 8.63. The second kappa shape index (κ2) is 7.24. The highest BCUT2D eigenvalue weighted by atomic mass is 28.4. The van der Waals surface area contributed by atoms with Gasteiger partial charge in [0.2, 0.25) is 16.4 Å². The Balaban J connectivity index is 4.27. The fraction of sp³-hybridized carbons (Fsp3) is 0.909. The van der Waals surface area contributed by atoms with Crippen molar-refractivity contribution in [2.24, 2.45) is 0 Å². The summed E-state index contributed by atoms with van der Waals surface area (Å²) in [6.07, 6.45) is 0.993. The van der Waals surface area contributed by atoms with E-state index in [0.717, 1.165) is 19.0 Å². The maximum Gasteiger partial charge on any atom is 0.230 e. The van der Waals surface area contributed by atoms with E-state index in [-0.39, 0.29) is 5.91 Å². The van der Waals surface area contributed by atoms with Crippen LogP contribution in [0.3, 0.4) is 0 Å². The van der Waals surface area contributed by atoms with Crippen LogP contribution in [0.4, 0.5) is 0 Å². The Kier molecular flexibility index (Phi) is 7.18. The summed E-state index contributed by atoms with van der Waals surface area (Å²) < 4.78 is 5.70. The molecule has 3 radical (unpaired) electrons. The predicted molar refractivity (Wildman–Crippen MR) is 70.9 cm³/mol. The van der Waals surface area contributed by atoms with Crippen molar-refractivity contribution >= 4 is 24.7 Å². The Morgan fingerprint density at radius 2 is 1.81 bits per heavy atom. The molecule has 0 unspecified atom stereocenters. The standard InChI is InChI=1S/C11H24NO2Si2/c1-9(2)16(14-15,10(3)4)8-6-7-12-11(5)13/h9-10H,6-8H2,1-5H3,(H,12,13). The molecule has 0 aromatic rings. The van der Waals surface area contributed by atoms with Crippen LogP contribution in [-0.4, -0.2) is 31.3 Å². The zero-order chi connectivity index (χ0) is 12.8. The van der Waals surface area contributed by atoms with Gasteiger partial charge in [-0.25, -0.2) is 0 Å². The predicted octanol–water partition coefficient (Wildman–Crippen LogP) is 2.38. The fourth-order valence-electron chi connectivity index (χ4n) is 2.16. The van der Waals surface area contributed by atoms with E-state index in [4.69, 9.17) is 4.12 Å². The SMILES string of the molecule is CC(=O)NCCC[Si](O[Si])(C(C)C)C(C)C. The summed E-state index contributed by atoms with van der Waals surface area (Å²) >= 11 is 0. The monoisotopic (exact) mass is 258 g/mol. The number of hydrogen-bond donors (Lipinski definition) is 1. The van der Waals surface area contributed by atoms with Crippen molar-refractivity contribution in [1.82, 2.24) is 5.32 Å². The first kappa shape index (κ1) is 15.9. The molecule has 0 saturated heterocycles. The van der Waals surface area contributed by atoms with Gasteiger partial charge in [-0.3, -0.25) is 4.79 Å². The Morgan fingerprint density at radius 3 is 2.12 bits per heavy atom. The number of rotatable bonds is 7. The molecule has 0 spiro atoms. The van der Waals surface area contributed by atoms with Crippen molar-refractivity contribution in [1.29, 1.82) is 0 Å². The summed E-state index contributed by atoms with van der Waals surface area (Å²) in [5.41, 5.74) is 1.14. The van der Waals surface area contributed by atoms with Crippen LogP contribution in [0.2, 0.25) is 17.1 Å². The molecule has 3 nitrogen and oxygen atoms in total. The lowest BCUT2D eigenvalue weighted by Crippen LogP contribution is -2.44. The highest BCUT2D eigenvalue weighted by Gasteiger charge is 2.39. The lowest BCUT2D eigenvalue weighted by molar-refractivity contribution is -0.118. The van der Waals surface area contributed by atoms with Crippen LogP contribution < -0.4 is 5.32 Å². The van der Waals surface area contributed by atoms with E-state index < -0.39 is 8.32 Å². The van der Waals surface area contributed by atoms with Crippen molar-refractivity contribution in [3.63, 3.8) is 0 Å². The minimum Gasteiger partial charge on any atom is -0.456 e. The van der Waals surface area contributed by atoms with Gasteiger partial charge in [-0.1, -0.05) is 27.7 Å². The normalized spacial score (nSPS) is 12.2. The zero-order valence-electron chi connectivity index (χ0n) is 11.1. The molecule has 0 aliphatic rings. The summed E-state index contributed by atoms with van der Waals surface area (Å²) in [5.74, 6) is 0.0423. The molecular weight excluding hydrogens is 234 g/mol. The molecule has 0 heterocycles. The third kappa shape index (κ3) is 4.39. The van der Waals surface area contributed by atoms with Crippen LogP contribution in [0.25, 0.3) is 0 Å². The average Bonchev–Trinajstić information content (AvgIpc) is 2.16. The largest absolute Gasteiger partial charge is 0.456 e. The van der Waals surface area contributed by atoms with Crippen LogP contribution in [-0.2, 0) is 8.91 Å². The van der Waals surface area contributed by atoms with Gasteiger partial charge in [0.1, 0.15) is 0 Å². The second-order valence-corrected chi connectivity index (χ2v) is 10.5. The van der Waals surface area contributed by atoms with E-state index in [1.54, 1.807) is 6.92 Å². The fourth-order valence-corrected chi connectivity index (χ4v) is 7.67. The maximum absolute atomic E-state index is 10.8. The Morgan fingerprint density at radius 1 is 1.31 bits per heavy atom. The molecule has 16 heavy (non-hydrogen) atoms. The smallest absolute Gasteiger partial charge is 0.230 e. The van der Waals surface area contributed by atoms with E-state index in [0.29, 0.717) is 11.1 Å². The molecule has 93 valence electrons. The molecule has 1 amide bonds. The molecule has 0 rings (SSSR count). The van der Waals surface area contributed by atoms with Gasteiger partial charge >= 0.3 is 0 Å². The molecule has 0 saturated carbocycles. The van der Waals surface area contributed by atoms with Crippen LogP contribution >= 0.6 is 0 Å². The van der Waals surface area contributed by atoms with Crippen molar-refractivity contribution in [2.45, 2.75) is 58.2 Å². The molecule has 1 N–H and O–H groups in total. The number of amides is 1. The van der Waals surface area contributed by atoms with Gasteiger partial charge in [-0.15, -0.1) is 0 Å². The minimum absolute atomic E-state index is 0.0423. The average molecular weight is 258 g/mol. The van der Waals surface area contributed by atoms with Gasteiger partial charge in [-0.2, -0.15) is 0 Å². The summed E-state index contributed by atoms with van der Waals surface area (Å²) in [5, 5.41) is 2.83. The van der Waals surface area contributed by atoms with Crippen LogP contribution in [0.1, 0.15) is 41.0 Å². The number of carbonyl (C=O) groups is 1. The minimum atomic E-state index is -1.73. The lowest BCUT2D eigenvalue weighted by Gasteiger charge is -2.38. The summed E-state index contributed by atoms with van der Waals surface area (Å²) in [6.45, 7) is 11.2. The Labute approximate surface area is 104 Å². The molecule has 0 aromatic heterocycles. The van der Waals surface area contributed by atoms with Crippen molar-refractivity contribution < 1.29 is 8.91 Å². The van der Waals surface area contributed by atoms with E-state index in [1.165, 1.54) is 0 Å². The highest BCUT2D eigenvalue weighted by Crippen LogP contribution is 2.36. The zero-order valence-corrected chi connectivity index (χ0v) is 13.1. The van der Waals surface area contributed by atoms with Gasteiger partial charge in [0.15, 0.2) is 8.32 Å². The first-order valence-electron chi connectivity index (χ1n) is 5.96. The maximum atomic E-state index is 10.8. The van der Waals surface area contributed by atoms with E-state index >= 15 is 0 Å². The van der Waals surface area contributed by atoms with Gasteiger partial charge in [0.05, 0.1) is 0 Å². The molecule has 0 fully saturated rings. The molecule has 0 bridgehead atoms. The summed E-state index contributed by atoms with van der Waals surface area (Å²) in [4.78, 5) is 10.8. The molecular formula is C11H24NO2Si2. The topological polar surface area (TPSA) is 38.3 Å². The molecule has 0 aromatic carbocycles. The molecule has 0 aliphatic heterocycles. The Bertz CT molecular complexity index is 212. The van der Waals surface area contributed by atoms with Crippen LogP contribution in [0.5, 0.6) is 0 Å². The number of nitrogens with one attached hydrogen (secondary N) is 1. The second-order valence-electron chi connectivity index (χ2n) is 4.95. The summed E-state index contributed by atoms with van der Waals surface area (Å²) in [6, 6.07) is 1.08. The number of hydrogen-bond acceptors (Lipinski definition) is 2. The van der Waals surface area contributed by atoms with Gasteiger partial charge in [0.25, 0.3) is 0 Å². The van der Waals surface area contributed by atoms with E-state index in [9.17, 15) is 4.79 Å². The van der Waals surface area contributed by atoms with E-state index in [2.05, 4.69) is 43.5 Å². The van der Waals surface area contributed by atoms with Crippen molar-refractivity contribution in [3.8, 4) is 0 Å². The van der Waals surface area contributed by atoms with Crippen molar-refractivity contribution in [3.05, 3.63) is 0 Å². The molecule has 5 heteroatoms. The van der Waals surface area contributed by atoms with Crippen LogP contribution in [0.15, 0.2) is 0 Å².